The number of amides is 1. The molecule has 7 nitrogen and oxygen atoms in total. The van der Waals surface area contributed by atoms with E-state index in [0.29, 0.717) is 17.2 Å². The summed E-state index contributed by atoms with van der Waals surface area (Å²) < 4.78 is 10.4. The van der Waals surface area contributed by atoms with Crippen molar-refractivity contribution in [2.75, 3.05) is 7.11 Å². The summed E-state index contributed by atoms with van der Waals surface area (Å²) in [6.07, 6.45) is 9.68. The molecule has 2 aromatic heterocycles. The number of aryl methyl sites for hydroxylation is 1. The Hall–Kier alpha value is -2.83. The van der Waals surface area contributed by atoms with Gasteiger partial charge in [-0.25, -0.2) is 4.98 Å². The van der Waals surface area contributed by atoms with E-state index in [4.69, 9.17) is 14.2 Å². The molecule has 1 aromatic carbocycles. The van der Waals surface area contributed by atoms with Gasteiger partial charge >= 0.3 is 0 Å². The third-order valence-electron chi connectivity index (χ3n) is 5.91. The first-order chi connectivity index (χ1) is 14.2. The predicted molar refractivity (Wildman–Crippen MR) is 110 cm³/mol. The van der Waals surface area contributed by atoms with Crippen LogP contribution in [0.3, 0.4) is 0 Å². The van der Waals surface area contributed by atoms with Gasteiger partial charge in [-0.05, 0) is 37.8 Å². The minimum Gasteiger partial charge on any atom is -0.494 e. The number of hydrogen-bond donors (Lipinski definition) is 2. The Morgan fingerprint density at radius 2 is 2.00 bits per heavy atom. The molecule has 0 bridgehead atoms. The molecule has 1 amide bonds. The molecule has 1 unspecified atom stereocenters. The predicted octanol–water partition coefficient (Wildman–Crippen LogP) is 4.70. The Labute approximate surface area is 170 Å². The van der Waals surface area contributed by atoms with E-state index < -0.39 is 0 Å². The summed E-state index contributed by atoms with van der Waals surface area (Å²) in [5, 5.41) is 7.06. The van der Waals surface area contributed by atoms with Gasteiger partial charge in [0, 0.05) is 0 Å². The van der Waals surface area contributed by atoms with E-state index in [2.05, 4.69) is 15.5 Å². The molecule has 4 rings (SSSR count). The normalized spacial score (nSPS) is 16.9. The Kier molecular flexibility index (Phi) is 5.83. The van der Waals surface area contributed by atoms with Crippen LogP contribution in [0.25, 0.3) is 11.0 Å². The van der Waals surface area contributed by atoms with Crippen molar-refractivity contribution in [3.05, 3.63) is 41.5 Å². The van der Waals surface area contributed by atoms with Crippen LogP contribution in [0.15, 0.2) is 29.0 Å². The molecule has 29 heavy (non-hydrogen) atoms. The van der Waals surface area contributed by atoms with Crippen molar-refractivity contribution in [1.82, 2.24) is 20.4 Å². The molecule has 1 aliphatic rings. The Morgan fingerprint density at radius 1 is 1.24 bits per heavy atom. The number of rotatable bonds is 5. The highest BCUT2D eigenvalue weighted by Gasteiger charge is 2.29. The van der Waals surface area contributed by atoms with E-state index in [1.165, 1.54) is 38.4 Å². The molecule has 0 aliphatic heterocycles. The number of aromatic amines is 1. The Morgan fingerprint density at radius 3 is 2.69 bits per heavy atom. The van der Waals surface area contributed by atoms with Gasteiger partial charge in [-0.1, -0.05) is 43.3 Å². The highest BCUT2D eigenvalue weighted by Crippen LogP contribution is 2.34. The average Bonchev–Trinajstić information content (AvgIpc) is 3.32. The Bertz CT molecular complexity index is 970. The molecule has 1 fully saturated rings. The fraction of sp³-hybridized carbons (Fsp3) is 0.500. The zero-order valence-electron chi connectivity index (χ0n) is 17.0. The summed E-state index contributed by atoms with van der Waals surface area (Å²) in [5.41, 5.74) is 2.75. The maximum absolute atomic E-state index is 13.0. The summed E-state index contributed by atoms with van der Waals surface area (Å²) in [7, 11) is 1.64. The van der Waals surface area contributed by atoms with E-state index in [9.17, 15) is 4.79 Å². The quantitative estimate of drug-likeness (QED) is 0.652. The van der Waals surface area contributed by atoms with Crippen molar-refractivity contribution in [3.8, 4) is 5.75 Å². The van der Waals surface area contributed by atoms with Crippen molar-refractivity contribution < 1.29 is 14.1 Å². The van der Waals surface area contributed by atoms with E-state index in [1.807, 2.05) is 18.2 Å². The lowest BCUT2D eigenvalue weighted by Crippen LogP contribution is -2.35. The third kappa shape index (κ3) is 4.13. The van der Waals surface area contributed by atoms with E-state index in [-0.39, 0.29) is 11.9 Å². The number of carbonyl (C=O) groups excluding carboxylic acids is 1. The molecule has 3 aromatic rings. The van der Waals surface area contributed by atoms with Gasteiger partial charge in [0.1, 0.15) is 28.9 Å². The van der Waals surface area contributed by atoms with Crippen LogP contribution in [-0.2, 0) is 0 Å². The van der Waals surface area contributed by atoms with Crippen LogP contribution in [0, 0.1) is 12.8 Å². The zero-order valence-corrected chi connectivity index (χ0v) is 17.0. The molecular weight excluding hydrogens is 368 g/mol. The summed E-state index contributed by atoms with van der Waals surface area (Å²) >= 11 is 0. The topological polar surface area (TPSA) is 93.0 Å². The van der Waals surface area contributed by atoms with Crippen LogP contribution < -0.4 is 10.1 Å². The number of hydrogen-bond acceptors (Lipinski definition) is 5. The number of fused-ring (bicyclic) bond motifs is 1. The van der Waals surface area contributed by atoms with Crippen LogP contribution in [0.2, 0.25) is 0 Å². The summed E-state index contributed by atoms with van der Waals surface area (Å²) in [5.74, 6) is 1.65. The molecule has 2 heterocycles. The van der Waals surface area contributed by atoms with Gasteiger partial charge < -0.3 is 19.6 Å². The number of carbonyl (C=O) groups is 1. The number of para-hydroxylation sites is 1. The number of imidazole rings is 1. The summed E-state index contributed by atoms with van der Waals surface area (Å²) in [6, 6.07) is 5.62. The second-order valence-corrected chi connectivity index (χ2v) is 7.85. The molecule has 0 spiro atoms. The number of ether oxygens (including phenoxy) is 1. The number of nitrogens with one attached hydrogen (secondary N) is 2. The van der Waals surface area contributed by atoms with Gasteiger partial charge in [0.2, 0.25) is 0 Å². The van der Waals surface area contributed by atoms with Crippen LogP contribution in [0.4, 0.5) is 0 Å². The molecule has 1 saturated carbocycles. The van der Waals surface area contributed by atoms with Gasteiger partial charge in [0.25, 0.3) is 5.91 Å². The van der Waals surface area contributed by atoms with Crippen LogP contribution in [0.5, 0.6) is 5.75 Å². The molecule has 154 valence electrons. The van der Waals surface area contributed by atoms with Crippen molar-refractivity contribution in [2.45, 2.75) is 57.9 Å². The van der Waals surface area contributed by atoms with Gasteiger partial charge in [0.05, 0.1) is 24.4 Å². The average molecular weight is 396 g/mol. The molecule has 7 heteroatoms. The minimum absolute atomic E-state index is 0.178. The van der Waals surface area contributed by atoms with Gasteiger partial charge in [-0.2, -0.15) is 0 Å². The number of nitrogens with zero attached hydrogens (tertiary/aromatic N) is 2. The first-order valence-corrected chi connectivity index (χ1v) is 10.4. The molecule has 1 aliphatic carbocycles. The largest absolute Gasteiger partial charge is 0.494 e. The summed E-state index contributed by atoms with van der Waals surface area (Å²) in [6.45, 7) is 1.77. The standard InChI is InChI=1S/C22H28N4O3/c1-14-16(13-29-26-14)22(27)25-19(15-9-6-4-3-5-7-10-15)21-23-17-11-8-12-18(28-2)20(17)24-21/h8,11-13,15,19H,3-7,9-10H2,1-2H3,(H,23,24)(H,25,27). The second kappa shape index (κ2) is 8.68. The minimum atomic E-state index is -0.202. The lowest BCUT2D eigenvalue weighted by atomic mass is 9.85. The smallest absolute Gasteiger partial charge is 0.257 e. The van der Waals surface area contributed by atoms with Gasteiger partial charge in [0.15, 0.2) is 0 Å². The van der Waals surface area contributed by atoms with E-state index in [1.54, 1.807) is 14.0 Å². The maximum Gasteiger partial charge on any atom is 0.257 e. The number of aromatic nitrogens is 3. The van der Waals surface area contributed by atoms with Crippen LogP contribution in [0.1, 0.15) is 72.9 Å². The van der Waals surface area contributed by atoms with E-state index >= 15 is 0 Å². The van der Waals surface area contributed by atoms with Crippen molar-refractivity contribution in [2.24, 2.45) is 5.92 Å². The Balaban J connectivity index is 1.69. The fourth-order valence-corrected chi connectivity index (χ4v) is 4.30. The molecule has 0 saturated heterocycles. The monoisotopic (exact) mass is 396 g/mol. The van der Waals surface area contributed by atoms with Crippen LogP contribution >= 0.6 is 0 Å². The molecular formula is C22H28N4O3. The molecule has 2 N–H and O–H groups in total. The highest BCUT2D eigenvalue weighted by molar-refractivity contribution is 5.95. The number of benzene rings is 1. The van der Waals surface area contributed by atoms with Gasteiger partial charge in [-0.15, -0.1) is 0 Å². The number of H-pyrrole nitrogens is 1. The first-order valence-electron chi connectivity index (χ1n) is 10.4. The van der Waals surface area contributed by atoms with Crippen molar-refractivity contribution in [1.29, 1.82) is 0 Å². The lowest BCUT2D eigenvalue weighted by molar-refractivity contribution is 0.0911. The molecule has 0 radical (unpaired) electrons. The SMILES string of the molecule is COc1cccc2[nH]c(C(NC(=O)c3conc3C)C3CCCCCCC3)nc12. The highest BCUT2D eigenvalue weighted by atomic mass is 16.5. The summed E-state index contributed by atoms with van der Waals surface area (Å²) in [4.78, 5) is 21.2. The zero-order chi connectivity index (χ0) is 20.2. The second-order valence-electron chi connectivity index (χ2n) is 7.85. The van der Waals surface area contributed by atoms with Crippen molar-refractivity contribution in [3.63, 3.8) is 0 Å². The molecule has 1 atom stereocenters. The van der Waals surface area contributed by atoms with E-state index in [0.717, 1.165) is 35.4 Å². The fourth-order valence-electron chi connectivity index (χ4n) is 4.30. The van der Waals surface area contributed by atoms with Crippen LogP contribution in [-0.4, -0.2) is 28.1 Å². The number of methoxy groups -OCH3 is 1. The van der Waals surface area contributed by atoms with Crippen molar-refractivity contribution >= 4 is 16.9 Å². The van der Waals surface area contributed by atoms with Gasteiger partial charge in [-0.3, -0.25) is 4.79 Å². The first kappa shape index (κ1) is 19.5. The third-order valence-corrected chi connectivity index (χ3v) is 5.91. The maximum atomic E-state index is 13.0. The lowest BCUT2D eigenvalue weighted by Gasteiger charge is -2.28.